The van der Waals surface area contributed by atoms with Gasteiger partial charge in [0.05, 0.1) is 17.9 Å². The zero-order valence-corrected chi connectivity index (χ0v) is 15.9. The van der Waals surface area contributed by atoms with Crippen molar-refractivity contribution in [2.24, 2.45) is 0 Å². The standard InChI is InChI=1S/C18H16F3N7S/c19-18(20,21)15-5-9-27(24-15)13-3-7-26(8-4-13)17-25-28-11-14(23-16(28)29-17)12-2-1-6-22-10-12/h1-2,5-6,9-11,13H,3-4,7-8H2. The fraction of sp³-hybridized carbons (Fsp3) is 0.333. The Bertz CT molecular complexity index is 1090. The number of alkyl halides is 3. The second kappa shape index (κ2) is 6.83. The Morgan fingerprint density at radius 2 is 1.93 bits per heavy atom. The molecule has 29 heavy (non-hydrogen) atoms. The first kappa shape index (κ1) is 18.1. The van der Waals surface area contributed by atoms with E-state index in [9.17, 15) is 13.2 Å². The van der Waals surface area contributed by atoms with Crippen molar-refractivity contribution in [3.8, 4) is 11.3 Å². The molecule has 0 N–H and O–H groups in total. The van der Waals surface area contributed by atoms with E-state index < -0.39 is 11.9 Å². The molecule has 0 amide bonds. The monoisotopic (exact) mass is 419 g/mol. The fourth-order valence-electron chi connectivity index (χ4n) is 3.49. The average molecular weight is 419 g/mol. The van der Waals surface area contributed by atoms with Crippen LogP contribution in [0.4, 0.5) is 18.3 Å². The summed E-state index contributed by atoms with van der Waals surface area (Å²) in [6.45, 7) is 1.41. The van der Waals surface area contributed by atoms with E-state index in [0.717, 1.165) is 27.4 Å². The van der Waals surface area contributed by atoms with Crippen molar-refractivity contribution in [2.75, 3.05) is 18.0 Å². The van der Waals surface area contributed by atoms with E-state index in [4.69, 9.17) is 0 Å². The molecule has 11 heteroatoms. The lowest BCUT2D eigenvalue weighted by Crippen LogP contribution is -2.34. The normalized spacial score (nSPS) is 16.0. The average Bonchev–Trinajstić information content (AvgIpc) is 3.43. The highest BCUT2D eigenvalue weighted by Gasteiger charge is 2.34. The Kier molecular flexibility index (Phi) is 4.26. The van der Waals surface area contributed by atoms with Crippen molar-refractivity contribution in [1.29, 1.82) is 0 Å². The highest BCUT2D eigenvalue weighted by Crippen LogP contribution is 2.32. The van der Waals surface area contributed by atoms with Gasteiger partial charge in [-0.2, -0.15) is 18.3 Å². The quantitative estimate of drug-likeness (QED) is 0.504. The summed E-state index contributed by atoms with van der Waals surface area (Å²) in [5.74, 6) is 0. The maximum atomic E-state index is 12.8. The molecule has 0 atom stereocenters. The second-order valence-corrected chi connectivity index (χ2v) is 7.81. The number of hydrogen-bond donors (Lipinski definition) is 0. The summed E-state index contributed by atoms with van der Waals surface area (Å²) in [6, 6.07) is 4.80. The zero-order valence-electron chi connectivity index (χ0n) is 15.1. The molecule has 7 nitrogen and oxygen atoms in total. The molecule has 4 aromatic rings. The van der Waals surface area contributed by atoms with Gasteiger partial charge in [0.15, 0.2) is 5.69 Å². The number of fused-ring (bicyclic) bond motifs is 1. The van der Waals surface area contributed by atoms with Gasteiger partial charge in [-0.3, -0.25) is 9.67 Å². The molecular formula is C18H16F3N7S. The molecule has 1 saturated heterocycles. The summed E-state index contributed by atoms with van der Waals surface area (Å²) in [7, 11) is 0. The third-order valence-corrected chi connectivity index (χ3v) is 5.98. The molecule has 1 fully saturated rings. The predicted octanol–water partition coefficient (Wildman–Crippen LogP) is 3.91. The third-order valence-electron chi connectivity index (χ3n) is 5.00. The van der Waals surface area contributed by atoms with Crippen LogP contribution in [0.5, 0.6) is 0 Å². The number of anilines is 1. The minimum atomic E-state index is -4.41. The van der Waals surface area contributed by atoms with Gasteiger partial charge in [-0.15, -0.1) is 5.10 Å². The Morgan fingerprint density at radius 3 is 2.59 bits per heavy atom. The molecule has 0 bridgehead atoms. The zero-order chi connectivity index (χ0) is 20.0. The largest absolute Gasteiger partial charge is 0.435 e. The molecule has 4 aromatic heterocycles. The van der Waals surface area contributed by atoms with Gasteiger partial charge in [0, 0.05) is 37.2 Å². The maximum Gasteiger partial charge on any atom is 0.435 e. The van der Waals surface area contributed by atoms with Crippen LogP contribution >= 0.6 is 11.3 Å². The topological polar surface area (TPSA) is 64.1 Å². The molecule has 0 aromatic carbocycles. The lowest BCUT2D eigenvalue weighted by atomic mass is 10.1. The van der Waals surface area contributed by atoms with Crippen molar-refractivity contribution in [3.63, 3.8) is 0 Å². The van der Waals surface area contributed by atoms with E-state index in [1.165, 1.54) is 22.2 Å². The maximum absolute atomic E-state index is 12.8. The van der Waals surface area contributed by atoms with Gasteiger partial charge >= 0.3 is 6.18 Å². The Labute approximate surface area is 167 Å². The molecular weight excluding hydrogens is 403 g/mol. The second-order valence-electron chi connectivity index (χ2n) is 6.88. The number of imidazole rings is 1. The number of aromatic nitrogens is 6. The summed E-state index contributed by atoms with van der Waals surface area (Å²) >= 11 is 1.50. The molecule has 0 saturated carbocycles. The smallest absolute Gasteiger partial charge is 0.347 e. The van der Waals surface area contributed by atoms with Crippen molar-refractivity contribution in [2.45, 2.75) is 25.1 Å². The van der Waals surface area contributed by atoms with Crippen LogP contribution in [0.1, 0.15) is 24.6 Å². The molecule has 0 spiro atoms. The van der Waals surface area contributed by atoms with Gasteiger partial charge in [0.1, 0.15) is 0 Å². The molecule has 0 unspecified atom stereocenters. The lowest BCUT2D eigenvalue weighted by Gasteiger charge is -2.31. The Hall–Kier alpha value is -2.95. The first-order valence-electron chi connectivity index (χ1n) is 9.11. The van der Waals surface area contributed by atoms with Gasteiger partial charge in [0.2, 0.25) is 10.1 Å². The molecule has 150 valence electrons. The highest BCUT2D eigenvalue weighted by atomic mass is 32.1. The fourth-order valence-corrected chi connectivity index (χ4v) is 4.42. The van der Waals surface area contributed by atoms with Crippen LogP contribution in [-0.4, -0.2) is 42.5 Å². The predicted molar refractivity (Wildman–Crippen MR) is 102 cm³/mol. The number of piperidine rings is 1. The molecule has 5 heterocycles. The van der Waals surface area contributed by atoms with E-state index in [1.54, 1.807) is 16.9 Å². The number of nitrogens with zero attached hydrogens (tertiary/aromatic N) is 7. The van der Waals surface area contributed by atoms with Crippen molar-refractivity contribution in [1.82, 2.24) is 29.4 Å². The van der Waals surface area contributed by atoms with Gasteiger partial charge in [-0.05, 0) is 31.0 Å². The van der Waals surface area contributed by atoms with E-state index >= 15 is 0 Å². The summed E-state index contributed by atoms with van der Waals surface area (Å²) in [5, 5.41) is 9.19. The summed E-state index contributed by atoms with van der Waals surface area (Å²) in [6.07, 6.45) is 3.79. The van der Waals surface area contributed by atoms with Crippen LogP contribution in [-0.2, 0) is 6.18 Å². The van der Waals surface area contributed by atoms with Crippen molar-refractivity contribution < 1.29 is 13.2 Å². The molecule has 1 aliphatic heterocycles. The van der Waals surface area contributed by atoms with E-state index in [1.807, 2.05) is 18.3 Å². The van der Waals surface area contributed by atoms with Crippen molar-refractivity contribution >= 4 is 21.4 Å². The minimum absolute atomic E-state index is 0.0384. The third kappa shape index (κ3) is 3.46. The highest BCUT2D eigenvalue weighted by molar-refractivity contribution is 7.20. The van der Waals surface area contributed by atoms with Crippen LogP contribution in [0.3, 0.4) is 0 Å². The van der Waals surface area contributed by atoms with Crippen LogP contribution in [0.25, 0.3) is 16.2 Å². The van der Waals surface area contributed by atoms with Gasteiger partial charge < -0.3 is 4.90 Å². The van der Waals surface area contributed by atoms with Crippen molar-refractivity contribution in [3.05, 3.63) is 48.7 Å². The van der Waals surface area contributed by atoms with E-state index in [-0.39, 0.29) is 6.04 Å². The van der Waals surface area contributed by atoms with Gasteiger partial charge in [-0.1, -0.05) is 11.3 Å². The van der Waals surface area contributed by atoms with Crippen LogP contribution < -0.4 is 4.90 Å². The van der Waals surface area contributed by atoms with Crippen LogP contribution in [0, 0.1) is 0 Å². The Morgan fingerprint density at radius 1 is 1.10 bits per heavy atom. The molecule has 0 radical (unpaired) electrons. The van der Waals surface area contributed by atoms with Crippen LogP contribution in [0.2, 0.25) is 0 Å². The molecule has 5 rings (SSSR count). The van der Waals surface area contributed by atoms with Gasteiger partial charge in [-0.25, -0.2) is 9.50 Å². The summed E-state index contributed by atoms with van der Waals surface area (Å²) in [5.41, 5.74) is 0.914. The first-order chi connectivity index (χ1) is 14.0. The minimum Gasteiger partial charge on any atom is -0.347 e. The van der Waals surface area contributed by atoms with E-state index in [2.05, 4.69) is 25.1 Å². The summed E-state index contributed by atoms with van der Waals surface area (Å²) < 4.78 is 41.5. The van der Waals surface area contributed by atoms with Crippen LogP contribution in [0.15, 0.2) is 43.0 Å². The first-order valence-corrected chi connectivity index (χ1v) is 9.93. The SMILES string of the molecule is FC(F)(F)c1ccn(C2CCN(c3nn4cc(-c5cccnc5)nc4s3)CC2)n1. The van der Waals surface area contributed by atoms with Gasteiger partial charge in [0.25, 0.3) is 0 Å². The Balaban J connectivity index is 1.28. The molecule has 0 aliphatic carbocycles. The number of halogens is 3. The summed E-state index contributed by atoms with van der Waals surface area (Å²) in [4.78, 5) is 11.7. The lowest BCUT2D eigenvalue weighted by molar-refractivity contribution is -0.141. The number of rotatable bonds is 3. The molecule has 1 aliphatic rings. The van der Waals surface area contributed by atoms with E-state index in [0.29, 0.717) is 25.9 Å². The number of hydrogen-bond acceptors (Lipinski definition) is 6. The number of pyridine rings is 1.